The number of carbonyl (C=O) groups is 1. The fourth-order valence-electron chi connectivity index (χ4n) is 3.35. The second-order valence-electron chi connectivity index (χ2n) is 6.88. The Kier molecular flexibility index (Phi) is 5.65. The van der Waals surface area contributed by atoms with Gasteiger partial charge in [0, 0.05) is 44.5 Å². The molecule has 0 radical (unpaired) electrons. The smallest absolute Gasteiger partial charge is 0.270 e. The Morgan fingerprint density at radius 3 is 2.34 bits per heavy atom. The topological polar surface area (TPSA) is 61.4 Å². The fourth-order valence-corrected chi connectivity index (χ4v) is 3.35. The first-order valence-corrected chi connectivity index (χ1v) is 9.59. The van der Waals surface area contributed by atoms with Crippen molar-refractivity contribution < 1.29 is 9.18 Å². The van der Waals surface area contributed by atoms with Crippen LogP contribution >= 0.6 is 0 Å². The van der Waals surface area contributed by atoms with E-state index in [4.69, 9.17) is 0 Å². The Hall–Kier alpha value is -3.48. The van der Waals surface area contributed by atoms with Crippen LogP contribution in [0.2, 0.25) is 0 Å². The Balaban J connectivity index is 1.36. The lowest BCUT2D eigenvalue weighted by atomic mass is 10.2. The molecule has 4 rings (SSSR count). The van der Waals surface area contributed by atoms with Crippen molar-refractivity contribution in [3.63, 3.8) is 0 Å². The molecule has 3 aromatic rings. The van der Waals surface area contributed by atoms with Crippen LogP contribution < -0.4 is 15.1 Å². The molecule has 148 valence electrons. The quantitative estimate of drug-likeness (QED) is 0.725. The van der Waals surface area contributed by atoms with E-state index in [9.17, 15) is 9.18 Å². The second kappa shape index (κ2) is 8.68. The van der Waals surface area contributed by atoms with E-state index in [0.29, 0.717) is 12.2 Å². The summed E-state index contributed by atoms with van der Waals surface area (Å²) < 4.78 is 13.0. The molecule has 7 heteroatoms. The van der Waals surface area contributed by atoms with E-state index < -0.39 is 0 Å². The summed E-state index contributed by atoms with van der Waals surface area (Å²) in [6.45, 7) is 3.74. The summed E-state index contributed by atoms with van der Waals surface area (Å²) in [4.78, 5) is 25.4. The van der Waals surface area contributed by atoms with Gasteiger partial charge in [0.2, 0.25) is 0 Å². The molecule has 0 aliphatic carbocycles. The number of nitrogens with one attached hydrogen (secondary N) is 1. The molecule has 1 aliphatic rings. The van der Waals surface area contributed by atoms with Crippen LogP contribution in [-0.4, -0.2) is 42.1 Å². The first-order valence-electron chi connectivity index (χ1n) is 9.59. The second-order valence-corrected chi connectivity index (χ2v) is 6.88. The Morgan fingerprint density at radius 1 is 0.931 bits per heavy atom. The zero-order valence-electron chi connectivity index (χ0n) is 16.0. The minimum absolute atomic E-state index is 0.277. The van der Waals surface area contributed by atoms with Crippen LogP contribution in [-0.2, 0) is 6.54 Å². The number of amides is 1. The number of hydrogen-bond acceptors (Lipinski definition) is 5. The fraction of sp³-hybridized carbons (Fsp3) is 0.227. The van der Waals surface area contributed by atoms with Crippen LogP contribution in [0.4, 0.5) is 15.9 Å². The molecular formula is C22H22FN5O. The molecule has 1 amide bonds. The van der Waals surface area contributed by atoms with Crippen LogP contribution in [0.1, 0.15) is 16.1 Å². The number of piperazine rings is 1. The predicted octanol–water partition coefficient (Wildman–Crippen LogP) is 2.87. The van der Waals surface area contributed by atoms with Gasteiger partial charge in [-0.15, -0.1) is 0 Å². The molecule has 2 aromatic carbocycles. The lowest BCUT2D eigenvalue weighted by Gasteiger charge is -2.36. The minimum Gasteiger partial charge on any atom is -0.368 e. The Bertz CT molecular complexity index is 956. The van der Waals surface area contributed by atoms with Crippen molar-refractivity contribution in [2.75, 3.05) is 36.0 Å². The van der Waals surface area contributed by atoms with E-state index in [1.807, 2.05) is 18.2 Å². The number of carbonyl (C=O) groups excluding carboxylic acids is 1. The highest BCUT2D eigenvalue weighted by molar-refractivity contribution is 5.92. The molecule has 1 aromatic heterocycles. The van der Waals surface area contributed by atoms with Crippen LogP contribution in [0.3, 0.4) is 0 Å². The number of hydrogen-bond donors (Lipinski definition) is 1. The molecule has 0 atom stereocenters. The molecule has 2 heterocycles. The maximum absolute atomic E-state index is 13.0. The molecule has 1 fully saturated rings. The molecule has 0 spiro atoms. The van der Waals surface area contributed by atoms with Gasteiger partial charge < -0.3 is 15.1 Å². The van der Waals surface area contributed by atoms with Gasteiger partial charge in [0.1, 0.15) is 23.7 Å². The highest BCUT2D eigenvalue weighted by atomic mass is 19.1. The van der Waals surface area contributed by atoms with Crippen LogP contribution in [0.5, 0.6) is 0 Å². The van der Waals surface area contributed by atoms with Crippen molar-refractivity contribution in [2.45, 2.75) is 6.54 Å². The molecule has 29 heavy (non-hydrogen) atoms. The average Bonchev–Trinajstić information content (AvgIpc) is 2.79. The highest BCUT2D eigenvalue weighted by Crippen LogP contribution is 2.19. The van der Waals surface area contributed by atoms with Crippen molar-refractivity contribution >= 4 is 17.4 Å². The molecule has 1 saturated heterocycles. The van der Waals surface area contributed by atoms with Crippen molar-refractivity contribution in [1.29, 1.82) is 0 Å². The number of nitrogens with zero attached hydrogens (tertiary/aromatic N) is 4. The maximum Gasteiger partial charge on any atom is 0.270 e. The summed E-state index contributed by atoms with van der Waals surface area (Å²) in [7, 11) is 0. The summed E-state index contributed by atoms with van der Waals surface area (Å²) in [5, 5.41) is 2.81. The first-order chi connectivity index (χ1) is 14.2. The Morgan fingerprint density at radius 2 is 1.62 bits per heavy atom. The van der Waals surface area contributed by atoms with Gasteiger partial charge in [-0.3, -0.25) is 4.79 Å². The third-order valence-electron chi connectivity index (χ3n) is 4.98. The van der Waals surface area contributed by atoms with E-state index in [-0.39, 0.29) is 11.7 Å². The zero-order chi connectivity index (χ0) is 20.1. The van der Waals surface area contributed by atoms with Crippen LogP contribution in [0, 0.1) is 5.82 Å². The lowest BCUT2D eigenvalue weighted by Crippen LogP contribution is -2.46. The van der Waals surface area contributed by atoms with Crippen LogP contribution in [0.25, 0.3) is 0 Å². The molecule has 0 unspecified atom stereocenters. The summed E-state index contributed by atoms with van der Waals surface area (Å²) in [6, 6.07) is 18.1. The standard InChI is InChI=1S/C22H22FN5O/c23-18-8-6-17(7-9-18)15-24-22(29)20-14-21(26-16-25-20)28-12-10-27(11-13-28)19-4-2-1-3-5-19/h1-9,14,16H,10-13,15H2,(H,24,29). The van der Waals surface area contributed by atoms with E-state index in [2.05, 4.69) is 37.2 Å². The number of anilines is 2. The zero-order valence-corrected chi connectivity index (χ0v) is 16.0. The molecule has 0 bridgehead atoms. The monoisotopic (exact) mass is 391 g/mol. The number of rotatable bonds is 5. The van der Waals surface area contributed by atoms with Crippen molar-refractivity contribution in [2.24, 2.45) is 0 Å². The molecule has 1 aliphatic heterocycles. The number of benzene rings is 2. The minimum atomic E-state index is -0.298. The predicted molar refractivity (Wildman–Crippen MR) is 110 cm³/mol. The van der Waals surface area contributed by atoms with E-state index in [0.717, 1.165) is 37.6 Å². The lowest BCUT2D eigenvalue weighted by molar-refractivity contribution is 0.0945. The van der Waals surface area contributed by atoms with E-state index in [1.165, 1.54) is 24.1 Å². The van der Waals surface area contributed by atoms with Crippen molar-refractivity contribution in [3.8, 4) is 0 Å². The first kappa shape index (κ1) is 18.9. The summed E-state index contributed by atoms with van der Waals surface area (Å²) in [6.07, 6.45) is 1.42. The molecule has 0 saturated carbocycles. The van der Waals surface area contributed by atoms with E-state index >= 15 is 0 Å². The van der Waals surface area contributed by atoms with Gasteiger partial charge in [-0.25, -0.2) is 14.4 Å². The summed E-state index contributed by atoms with van der Waals surface area (Å²) in [5.74, 6) is 0.174. The van der Waals surface area contributed by atoms with Gasteiger partial charge in [-0.1, -0.05) is 30.3 Å². The largest absolute Gasteiger partial charge is 0.368 e. The van der Waals surface area contributed by atoms with Gasteiger partial charge in [-0.05, 0) is 29.8 Å². The highest BCUT2D eigenvalue weighted by Gasteiger charge is 2.19. The van der Waals surface area contributed by atoms with Gasteiger partial charge in [0.05, 0.1) is 0 Å². The van der Waals surface area contributed by atoms with Crippen molar-refractivity contribution in [3.05, 3.63) is 84.1 Å². The Labute approximate surface area is 169 Å². The normalized spacial score (nSPS) is 14.0. The van der Waals surface area contributed by atoms with E-state index in [1.54, 1.807) is 18.2 Å². The summed E-state index contributed by atoms with van der Waals surface area (Å²) >= 11 is 0. The molecule has 6 nitrogen and oxygen atoms in total. The van der Waals surface area contributed by atoms with Gasteiger partial charge >= 0.3 is 0 Å². The number of halogens is 1. The maximum atomic E-state index is 13.0. The van der Waals surface area contributed by atoms with Gasteiger partial charge in [0.25, 0.3) is 5.91 Å². The summed E-state index contributed by atoms with van der Waals surface area (Å²) in [5.41, 5.74) is 2.37. The third kappa shape index (κ3) is 4.68. The molecular weight excluding hydrogens is 369 g/mol. The van der Waals surface area contributed by atoms with Crippen LogP contribution in [0.15, 0.2) is 67.0 Å². The number of aromatic nitrogens is 2. The van der Waals surface area contributed by atoms with Crippen molar-refractivity contribution in [1.82, 2.24) is 15.3 Å². The SMILES string of the molecule is O=C(NCc1ccc(F)cc1)c1cc(N2CCN(c3ccccc3)CC2)ncn1. The third-order valence-corrected chi connectivity index (χ3v) is 4.98. The van der Waals surface area contributed by atoms with Gasteiger partial charge in [0.15, 0.2) is 0 Å². The van der Waals surface area contributed by atoms with Gasteiger partial charge in [-0.2, -0.15) is 0 Å². The number of para-hydroxylation sites is 1. The molecule has 1 N–H and O–H groups in total. The average molecular weight is 391 g/mol.